The Morgan fingerprint density at radius 1 is 1.12 bits per heavy atom. The summed E-state index contributed by atoms with van der Waals surface area (Å²) >= 11 is 0. The van der Waals surface area contributed by atoms with E-state index >= 15 is 0 Å². The monoisotopic (exact) mass is 345 g/mol. The quantitative estimate of drug-likeness (QED) is 0.701. The number of hydrogen-bond donors (Lipinski definition) is 1. The van der Waals surface area contributed by atoms with Crippen molar-refractivity contribution in [3.05, 3.63) is 53.5 Å². The van der Waals surface area contributed by atoms with E-state index in [1.807, 2.05) is 50.2 Å². The Bertz CT molecular complexity index is 636. The van der Waals surface area contributed by atoms with Crippen LogP contribution in [0.15, 0.2) is 40.8 Å². The Balaban J connectivity index is 1.88. The van der Waals surface area contributed by atoms with Crippen LogP contribution in [0.2, 0.25) is 0 Å². The molecule has 1 aromatic heterocycles. The van der Waals surface area contributed by atoms with Gasteiger partial charge in [-0.1, -0.05) is 32.0 Å². The molecule has 1 atom stereocenters. The van der Waals surface area contributed by atoms with E-state index in [2.05, 4.69) is 18.7 Å². The summed E-state index contributed by atoms with van der Waals surface area (Å²) in [6, 6.07) is 11.9. The third-order valence-corrected chi connectivity index (χ3v) is 4.19. The van der Waals surface area contributed by atoms with Gasteiger partial charge in [-0.05, 0) is 56.5 Å². The molecule has 0 amide bonds. The summed E-state index contributed by atoms with van der Waals surface area (Å²) in [6.07, 6.45) is 0.549. The Labute approximate surface area is 151 Å². The largest absolute Gasteiger partial charge is 0.491 e. The maximum Gasteiger partial charge on any atom is 0.122 e. The summed E-state index contributed by atoms with van der Waals surface area (Å²) in [4.78, 5) is 2.24. The molecular formula is C21H31NO3. The van der Waals surface area contributed by atoms with Gasteiger partial charge in [0.15, 0.2) is 0 Å². The Kier molecular flexibility index (Phi) is 7.53. The fourth-order valence-electron chi connectivity index (χ4n) is 2.72. The number of ether oxygens (including phenoxy) is 1. The van der Waals surface area contributed by atoms with Crippen molar-refractivity contribution in [3.63, 3.8) is 0 Å². The fraction of sp³-hybridized carbons (Fsp3) is 0.524. The predicted molar refractivity (Wildman–Crippen MR) is 101 cm³/mol. The molecule has 0 aliphatic carbocycles. The summed E-state index contributed by atoms with van der Waals surface area (Å²) in [7, 11) is 0. The number of furan rings is 1. The molecule has 2 aromatic rings. The van der Waals surface area contributed by atoms with Crippen molar-refractivity contribution in [2.75, 3.05) is 19.7 Å². The maximum absolute atomic E-state index is 10.4. The number of aliphatic hydroxyl groups is 1. The zero-order chi connectivity index (χ0) is 18.2. The second-order valence-corrected chi connectivity index (χ2v) is 7.16. The molecule has 0 aliphatic heterocycles. The van der Waals surface area contributed by atoms with Crippen LogP contribution in [0.4, 0.5) is 0 Å². The smallest absolute Gasteiger partial charge is 0.122 e. The van der Waals surface area contributed by atoms with Gasteiger partial charge in [0.25, 0.3) is 0 Å². The van der Waals surface area contributed by atoms with Crippen molar-refractivity contribution >= 4 is 0 Å². The maximum atomic E-state index is 10.4. The van der Waals surface area contributed by atoms with Crippen molar-refractivity contribution in [3.8, 4) is 5.75 Å². The highest BCUT2D eigenvalue weighted by Crippen LogP contribution is 2.17. The standard InChI is InChI=1S/C21H31NO3/c1-16(2)11-12-22(14-20-10-9-18(4)25-20)13-19(23)15-24-21-8-6-5-7-17(21)3/h5-10,16,19,23H,11-15H2,1-4H3. The molecule has 0 saturated carbocycles. The Hall–Kier alpha value is -1.78. The van der Waals surface area contributed by atoms with E-state index in [1.165, 1.54) is 0 Å². The van der Waals surface area contributed by atoms with Crippen LogP contribution in [0.1, 0.15) is 37.4 Å². The average Bonchev–Trinajstić information content (AvgIpc) is 2.97. The molecule has 1 N–H and O–H groups in total. The van der Waals surface area contributed by atoms with Gasteiger partial charge in [0, 0.05) is 6.54 Å². The van der Waals surface area contributed by atoms with Gasteiger partial charge in [0.2, 0.25) is 0 Å². The number of aryl methyl sites for hydroxylation is 2. The van der Waals surface area contributed by atoms with E-state index in [0.717, 1.165) is 35.8 Å². The van der Waals surface area contributed by atoms with E-state index in [-0.39, 0.29) is 0 Å². The molecule has 0 bridgehead atoms. The van der Waals surface area contributed by atoms with Crippen LogP contribution in [-0.2, 0) is 6.54 Å². The van der Waals surface area contributed by atoms with Gasteiger partial charge >= 0.3 is 0 Å². The lowest BCUT2D eigenvalue weighted by molar-refractivity contribution is 0.0613. The predicted octanol–water partition coefficient (Wildman–Crippen LogP) is 4.18. The first-order valence-corrected chi connectivity index (χ1v) is 9.08. The van der Waals surface area contributed by atoms with Gasteiger partial charge < -0.3 is 14.3 Å². The van der Waals surface area contributed by atoms with E-state index in [1.54, 1.807) is 0 Å². The van der Waals surface area contributed by atoms with Crippen LogP contribution in [0, 0.1) is 19.8 Å². The van der Waals surface area contributed by atoms with Crippen LogP contribution in [-0.4, -0.2) is 35.8 Å². The van der Waals surface area contributed by atoms with Crippen LogP contribution in [0.5, 0.6) is 5.75 Å². The van der Waals surface area contributed by atoms with Gasteiger partial charge in [0.05, 0.1) is 6.54 Å². The van der Waals surface area contributed by atoms with E-state index in [4.69, 9.17) is 9.15 Å². The minimum Gasteiger partial charge on any atom is -0.491 e. The minimum absolute atomic E-state index is 0.292. The van der Waals surface area contributed by atoms with Gasteiger partial charge in [-0.3, -0.25) is 4.90 Å². The number of nitrogens with zero attached hydrogens (tertiary/aromatic N) is 1. The summed E-state index contributed by atoms with van der Waals surface area (Å²) < 4.78 is 11.5. The van der Waals surface area contributed by atoms with Crippen molar-refractivity contribution in [2.45, 2.75) is 46.8 Å². The summed E-state index contributed by atoms with van der Waals surface area (Å²) in [5.74, 6) is 3.31. The molecule has 0 saturated heterocycles. The van der Waals surface area contributed by atoms with Crippen molar-refractivity contribution in [2.24, 2.45) is 5.92 Å². The molecule has 138 valence electrons. The molecular weight excluding hydrogens is 314 g/mol. The molecule has 1 aromatic carbocycles. The minimum atomic E-state index is -0.539. The SMILES string of the molecule is Cc1ccc(CN(CCC(C)C)CC(O)COc2ccccc2C)o1. The van der Waals surface area contributed by atoms with Gasteiger partial charge in [0.1, 0.15) is 30.0 Å². The summed E-state index contributed by atoms with van der Waals surface area (Å²) in [5, 5.41) is 10.4. The second-order valence-electron chi connectivity index (χ2n) is 7.16. The fourth-order valence-corrected chi connectivity index (χ4v) is 2.72. The lowest BCUT2D eigenvalue weighted by Crippen LogP contribution is -2.36. The lowest BCUT2D eigenvalue weighted by Gasteiger charge is -2.25. The first kappa shape index (κ1) is 19.5. The Morgan fingerprint density at radius 2 is 1.88 bits per heavy atom. The normalized spacial score (nSPS) is 12.8. The van der Waals surface area contributed by atoms with Crippen LogP contribution >= 0.6 is 0 Å². The van der Waals surface area contributed by atoms with E-state index in [9.17, 15) is 5.11 Å². The zero-order valence-corrected chi connectivity index (χ0v) is 15.9. The molecule has 25 heavy (non-hydrogen) atoms. The highest BCUT2D eigenvalue weighted by molar-refractivity contribution is 5.31. The molecule has 2 rings (SSSR count). The van der Waals surface area contributed by atoms with Crippen molar-refractivity contribution in [1.29, 1.82) is 0 Å². The van der Waals surface area contributed by atoms with Crippen LogP contribution in [0.3, 0.4) is 0 Å². The topological polar surface area (TPSA) is 45.8 Å². The molecule has 1 unspecified atom stereocenters. The zero-order valence-electron chi connectivity index (χ0n) is 15.9. The van der Waals surface area contributed by atoms with Crippen LogP contribution < -0.4 is 4.74 Å². The summed E-state index contributed by atoms with van der Waals surface area (Å²) in [5.41, 5.74) is 1.08. The molecule has 4 heteroatoms. The first-order chi connectivity index (χ1) is 11.9. The Morgan fingerprint density at radius 3 is 2.52 bits per heavy atom. The van der Waals surface area contributed by atoms with Gasteiger partial charge in [-0.25, -0.2) is 0 Å². The molecule has 0 fully saturated rings. The number of aliphatic hydroxyl groups excluding tert-OH is 1. The third-order valence-electron chi connectivity index (χ3n) is 4.19. The van der Waals surface area contributed by atoms with Crippen molar-refractivity contribution < 1.29 is 14.3 Å². The van der Waals surface area contributed by atoms with Gasteiger partial charge in [-0.15, -0.1) is 0 Å². The first-order valence-electron chi connectivity index (χ1n) is 9.08. The number of para-hydroxylation sites is 1. The van der Waals surface area contributed by atoms with Crippen LogP contribution in [0.25, 0.3) is 0 Å². The summed E-state index contributed by atoms with van der Waals surface area (Å²) in [6.45, 7) is 10.9. The third kappa shape index (κ3) is 6.92. The molecule has 1 heterocycles. The average molecular weight is 345 g/mol. The van der Waals surface area contributed by atoms with E-state index < -0.39 is 6.10 Å². The highest BCUT2D eigenvalue weighted by Gasteiger charge is 2.15. The van der Waals surface area contributed by atoms with E-state index in [0.29, 0.717) is 25.6 Å². The molecule has 4 nitrogen and oxygen atoms in total. The second kappa shape index (κ2) is 9.64. The number of hydrogen-bond acceptors (Lipinski definition) is 4. The molecule has 0 aliphatic rings. The molecule has 0 radical (unpaired) electrons. The number of benzene rings is 1. The lowest BCUT2D eigenvalue weighted by atomic mass is 10.1. The highest BCUT2D eigenvalue weighted by atomic mass is 16.5. The van der Waals surface area contributed by atoms with Gasteiger partial charge in [-0.2, -0.15) is 0 Å². The number of rotatable bonds is 10. The van der Waals surface area contributed by atoms with Crippen molar-refractivity contribution in [1.82, 2.24) is 4.90 Å². The molecule has 0 spiro atoms.